The zero-order valence-electron chi connectivity index (χ0n) is 9.10. The normalized spacial score (nSPS) is 35.8. The van der Waals surface area contributed by atoms with Crippen LogP contribution in [-0.2, 0) is 9.47 Å². The van der Waals surface area contributed by atoms with Crippen molar-refractivity contribution in [2.75, 3.05) is 11.8 Å². The summed E-state index contributed by atoms with van der Waals surface area (Å²) in [6, 6.07) is 0. The molecule has 2 aliphatic heterocycles. The van der Waals surface area contributed by atoms with Gasteiger partial charge in [-0.3, -0.25) is 0 Å². The zero-order valence-corrected chi connectivity index (χ0v) is 10.6. The van der Waals surface area contributed by atoms with E-state index in [9.17, 15) is 0 Å². The monoisotopic (exact) mass is 252 g/mol. The van der Waals surface area contributed by atoms with Crippen molar-refractivity contribution in [2.24, 2.45) is 0 Å². The molecular formula is C11H18Cl2O2. The van der Waals surface area contributed by atoms with Crippen LogP contribution in [0.4, 0.5) is 0 Å². The van der Waals surface area contributed by atoms with E-state index in [1.54, 1.807) is 0 Å². The molecule has 2 fully saturated rings. The van der Waals surface area contributed by atoms with E-state index >= 15 is 0 Å². The Balaban J connectivity index is 1.69. The van der Waals surface area contributed by atoms with Gasteiger partial charge < -0.3 is 9.47 Å². The quantitative estimate of drug-likeness (QED) is 0.395. The van der Waals surface area contributed by atoms with Crippen LogP contribution in [0.3, 0.4) is 0 Å². The number of hydrogen-bond acceptors (Lipinski definition) is 2. The Kier molecular flexibility index (Phi) is 3.51. The van der Waals surface area contributed by atoms with Crippen LogP contribution in [0.1, 0.15) is 39.0 Å². The first kappa shape index (κ1) is 12.0. The van der Waals surface area contributed by atoms with Crippen LogP contribution in [-0.4, -0.2) is 29.3 Å². The molecule has 2 heterocycles. The topological polar surface area (TPSA) is 25.1 Å². The van der Waals surface area contributed by atoms with E-state index < -0.39 is 0 Å². The highest BCUT2D eigenvalue weighted by atomic mass is 35.5. The third-order valence-corrected chi connectivity index (χ3v) is 4.24. The number of halogens is 2. The maximum absolute atomic E-state index is 5.84. The number of ether oxygens (including phenoxy) is 2. The van der Waals surface area contributed by atoms with Gasteiger partial charge >= 0.3 is 0 Å². The van der Waals surface area contributed by atoms with Crippen LogP contribution in [0, 0.1) is 0 Å². The van der Waals surface area contributed by atoms with E-state index in [-0.39, 0.29) is 17.5 Å². The first-order valence-electron chi connectivity index (χ1n) is 5.74. The molecule has 0 radical (unpaired) electrons. The van der Waals surface area contributed by atoms with E-state index in [4.69, 9.17) is 32.7 Å². The molecule has 2 aliphatic rings. The minimum Gasteiger partial charge on any atom is -0.336 e. The number of epoxide rings is 2. The number of alkyl halides is 2. The van der Waals surface area contributed by atoms with Crippen molar-refractivity contribution in [1.82, 2.24) is 0 Å². The summed E-state index contributed by atoms with van der Waals surface area (Å²) in [7, 11) is 0. The van der Waals surface area contributed by atoms with Gasteiger partial charge in [-0.1, -0.05) is 32.6 Å². The van der Waals surface area contributed by atoms with Crippen molar-refractivity contribution in [1.29, 1.82) is 0 Å². The van der Waals surface area contributed by atoms with E-state index in [0.717, 1.165) is 6.42 Å². The molecule has 0 aromatic heterocycles. The van der Waals surface area contributed by atoms with Gasteiger partial charge in [-0.25, -0.2) is 0 Å². The standard InChI is InChI=1S/C11H18Cl2O2/c1-2-3-4-5-6-9-11(14-9)10(7-12,8-13)15-11/h9H,2-8H2,1H3. The molecule has 0 N–H and O–H groups in total. The fourth-order valence-corrected chi connectivity index (χ4v) is 2.98. The molecule has 0 aromatic rings. The number of rotatable bonds is 7. The highest BCUT2D eigenvalue weighted by Gasteiger charge is 2.84. The van der Waals surface area contributed by atoms with Crippen molar-refractivity contribution in [2.45, 2.75) is 56.5 Å². The van der Waals surface area contributed by atoms with Crippen LogP contribution in [0.25, 0.3) is 0 Å². The lowest BCUT2D eigenvalue weighted by Gasteiger charge is -1.99. The molecule has 1 spiro atoms. The summed E-state index contributed by atoms with van der Waals surface area (Å²) in [5.74, 6) is 0.479. The van der Waals surface area contributed by atoms with Crippen molar-refractivity contribution < 1.29 is 9.47 Å². The first-order chi connectivity index (χ1) is 7.24. The second kappa shape index (κ2) is 4.40. The van der Waals surface area contributed by atoms with Gasteiger partial charge in [0.2, 0.25) is 5.79 Å². The Morgan fingerprint density at radius 3 is 2.40 bits per heavy atom. The van der Waals surface area contributed by atoms with Gasteiger partial charge in [0, 0.05) is 0 Å². The maximum atomic E-state index is 5.84. The van der Waals surface area contributed by atoms with Crippen LogP contribution in [0.2, 0.25) is 0 Å². The molecule has 0 amide bonds. The number of unbranched alkanes of at least 4 members (excludes halogenated alkanes) is 3. The molecule has 0 bridgehead atoms. The predicted octanol–water partition coefficient (Wildman–Crippen LogP) is 3.30. The van der Waals surface area contributed by atoms with Crippen molar-refractivity contribution in [3.8, 4) is 0 Å². The van der Waals surface area contributed by atoms with Crippen molar-refractivity contribution in [3.05, 3.63) is 0 Å². The van der Waals surface area contributed by atoms with Crippen LogP contribution >= 0.6 is 23.2 Å². The van der Waals surface area contributed by atoms with E-state index in [1.807, 2.05) is 0 Å². The predicted molar refractivity (Wildman–Crippen MR) is 61.6 cm³/mol. The Morgan fingerprint density at radius 1 is 1.13 bits per heavy atom. The summed E-state index contributed by atoms with van der Waals surface area (Å²) in [6.07, 6.45) is 6.38. The van der Waals surface area contributed by atoms with Crippen LogP contribution in [0.15, 0.2) is 0 Å². The lowest BCUT2D eigenvalue weighted by atomic mass is 10.0. The Labute approximate surface area is 101 Å². The molecule has 0 saturated carbocycles. The smallest absolute Gasteiger partial charge is 0.228 e. The van der Waals surface area contributed by atoms with Gasteiger partial charge in [0.15, 0.2) is 5.60 Å². The minimum atomic E-state index is -0.386. The molecule has 15 heavy (non-hydrogen) atoms. The average molecular weight is 253 g/mol. The molecule has 0 aromatic carbocycles. The molecule has 88 valence electrons. The van der Waals surface area contributed by atoms with E-state index in [0.29, 0.717) is 11.8 Å². The largest absolute Gasteiger partial charge is 0.336 e. The average Bonchev–Trinajstić information content (AvgIpc) is 3.13. The molecule has 0 aliphatic carbocycles. The van der Waals surface area contributed by atoms with Crippen molar-refractivity contribution in [3.63, 3.8) is 0 Å². The van der Waals surface area contributed by atoms with Gasteiger partial charge in [0.1, 0.15) is 6.10 Å². The summed E-state index contributed by atoms with van der Waals surface area (Å²) < 4.78 is 11.2. The van der Waals surface area contributed by atoms with E-state index in [2.05, 4.69) is 6.92 Å². The molecule has 2 nitrogen and oxygen atoms in total. The summed E-state index contributed by atoms with van der Waals surface area (Å²) >= 11 is 11.7. The van der Waals surface area contributed by atoms with Crippen LogP contribution in [0.5, 0.6) is 0 Å². The van der Waals surface area contributed by atoms with Gasteiger partial charge in [-0.2, -0.15) is 0 Å². The molecule has 2 saturated heterocycles. The Bertz CT molecular complexity index is 231. The lowest BCUT2D eigenvalue weighted by molar-refractivity contribution is 0.241. The summed E-state index contributed by atoms with van der Waals surface area (Å²) in [5, 5.41) is 0. The second-order valence-corrected chi connectivity index (χ2v) is 5.02. The fraction of sp³-hybridized carbons (Fsp3) is 1.00. The van der Waals surface area contributed by atoms with Gasteiger partial charge in [-0.15, -0.1) is 23.2 Å². The highest BCUT2D eigenvalue weighted by Crippen LogP contribution is 2.65. The van der Waals surface area contributed by atoms with Gasteiger partial charge in [0.25, 0.3) is 0 Å². The summed E-state index contributed by atoms with van der Waals surface area (Å²) in [5.41, 5.74) is -0.383. The second-order valence-electron chi connectivity index (χ2n) is 4.49. The Morgan fingerprint density at radius 2 is 1.87 bits per heavy atom. The lowest BCUT2D eigenvalue weighted by Crippen LogP contribution is -2.22. The first-order valence-corrected chi connectivity index (χ1v) is 6.81. The summed E-state index contributed by atoms with van der Waals surface area (Å²) in [4.78, 5) is 0. The highest BCUT2D eigenvalue weighted by molar-refractivity contribution is 6.22. The number of hydrogen-bond donors (Lipinski definition) is 0. The third kappa shape index (κ3) is 1.90. The van der Waals surface area contributed by atoms with Gasteiger partial charge in [0.05, 0.1) is 11.8 Å². The summed E-state index contributed by atoms with van der Waals surface area (Å²) in [6.45, 7) is 2.21. The van der Waals surface area contributed by atoms with E-state index in [1.165, 1.54) is 25.7 Å². The zero-order chi connectivity index (χ0) is 10.9. The molecule has 4 heteroatoms. The fourth-order valence-electron chi connectivity index (χ4n) is 2.21. The molecule has 2 unspecified atom stereocenters. The minimum absolute atomic E-state index is 0.242. The molecular weight excluding hydrogens is 235 g/mol. The van der Waals surface area contributed by atoms with Crippen molar-refractivity contribution >= 4 is 23.2 Å². The van der Waals surface area contributed by atoms with Crippen LogP contribution < -0.4 is 0 Å². The Hall–Kier alpha value is 0.500. The molecule has 2 atom stereocenters. The maximum Gasteiger partial charge on any atom is 0.228 e. The SMILES string of the molecule is CCCCCCC1OC12OC2(CCl)CCl. The van der Waals surface area contributed by atoms with Gasteiger partial charge in [-0.05, 0) is 6.42 Å². The third-order valence-electron chi connectivity index (χ3n) is 3.38. The molecule has 2 rings (SSSR count).